The van der Waals surface area contributed by atoms with Gasteiger partial charge in [0.25, 0.3) is 0 Å². The van der Waals surface area contributed by atoms with Gasteiger partial charge in [-0.05, 0) is 107 Å². The maximum absolute atomic E-state index is 15.0. The molecule has 6 N–H and O–H groups in total. The summed E-state index contributed by atoms with van der Waals surface area (Å²) < 4.78 is 0. The number of carbonyl (C=O) groups is 8. The predicted molar refractivity (Wildman–Crippen MR) is 255 cm³/mol. The van der Waals surface area contributed by atoms with Gasteiger partial charge < -0.3 is 41.7 Å². The summed E-state index contributed by atoms with van der Waals surface area (Å²) in [5.41, 5.74) is -0.443. The monoisotopic (exact) mass is 958 g/mol. The average Bonchev–Trinajstić information content (AvgIpc) is 4.08. The topological polar surface area (TPSA) is 215 Å². The summed E-state index contributed by atoms with van der Waals surface area (Å²) in [6, 6.07) is -1.58. The number of hydrogen-bond acceptors (Lipinski definition) is 8. The van der Waals surface area contributed by atoms with Gasteiger partial charge in [-0.1, -0.05) is 70.2 Å². The first-order valence-corrected chi connectivity index (χ1v) is 24.3. The van der Waals surface area contributed by atoms with Crippen molar-refractivity contribution >= 4 is 70.5 Å². The molecule has 1 saturated heterocycles. The van der Waals surface area contributed by atoms with Crippen LogP contribution in [0.25, 0.3) is 0 Å². The molecule has 18 heteroatoms. The second-order valence-corrected chi connectivity index (χ2v) is 18.8. The summed E-state index contributed by atoms with van der Waals surface area (Å²) >= 11 is 13.0. The minimum atomic E-state index is -1.16. The van der Waals surface area contributed by atoms with Gasteiger partial charge in [0.15, 0.2) is 0 Å². The molecule has 16 nitrogen and oxygen atoms in total. The molecule has 0 aromatic heterocycles. The number of nitrogens with zero attached hydrogens (tertiary/aromatic N) is 2. The predicted octanol–water partition coefficient (Wildman–Crippen LogP) is 4.19. The summed E-state index contributed by atoms with van der Waals surface area (Å²) in [5, 5.41) is 17.8. The van der Waals surface area contributed by atoms with Gasteiger partial charge in [0, 0.05) is 50.1 Å². The van der Waals surface area contributed by atoms with E-state index >= 15 is 0 Å². The van der Waals surface area contributed by atoms with Crippen molar-refractivity contribution in [2.75, 3.05) is 26.7 Å². The van der Waals surface area contributed by atoms with E-state index in [1.807, 2.05) is 27.7 Å². The fraction of sp³-hybridized carbons (Fsp3) is 0.667. The van der Waals surface area contributed by atoms with E-state index in [9.17, 15) is 38.4 Å². The van der Waals surface area contributed by atoms with Gasteiger partial charge in [-0.2, -0.15) is 0 Å². The zero-order valence-electron chi connectivity index (χ0n) is 39.8. The van der Waals surface area contributed by atoms with Crippen LogP contribution in [-0.2, 0) is 44.8 Å². The number of carbonyl (C=O) groups excluding carboxylic acids is 8. The Balaban J connectivity index is 2.06. The average molecular weight is 960 g/mol. The normalized spacial score (nSPS) is 21.3. The highest BCUT2D eigenvalue weighted by Gasteiger charge is 2.49. The van der Waals surface area contributed by atoms with E-state index in [4.69, 9.17) is 29.6 Å². The molecule has 8 amide bonds. The van der Waals surface area contributed by atoms with Gasteiger partial charge in [-0.15, -0.1) is 6.42 Å². The number of benzene rings is 1. The largest absolute Gasteiger partial charge is 0.356 e. The van der Waals surface area contributed by atoms with Crippen LogP contribution in [0, 0.1) is 23.7 Å². The van der Waals surface area contributed by atoms with E-state index in [2.05, 4.69) is 37.8 Å². The lowest BCUT2D eigenvalue weighted by molar-refractivity contribution is -0.146. The van der Waals surface area contributed by atoms with E-state index in [-0.39, 0.29) is 57.0 Å². The van der Waals surface area contributed by atoms with Gasteiger partial charge in [-0.25, -0.2) is 0 Å². The highest BCUT2D eigenvalue weighted by molar-refractivity contribution is 6.33. The van der Waals surface area contributed by atoms with Crippen LogP contribution in [0.1, 0.15) is 131 Å². The maximum atomic E-state index is 15.0. The van der Waals surface area contributed by atoms with Gasteiger partial charge in [-0.3, -0.25) is 38.4 Å². The minimum absolute atomic E-state index is 0.0368. The first-order chi connectivity index (χ1) is 31.3. The Kier molecular flexibility index (Phi) is 22.7. The van der Waals surface area contributed by atoms with Gasteiger partial charge in [0.1, 0.15) is 41.7 Å². The molecule has 66 heavy (non-hydrogen) atoms. The molecule has 2 aliphatic rings. The zero-order valence-corrected chi connectivity index (χ0v) is 41.3. The summed E-state index contributed by atoms with van der Waals surface area (Å²) in [4.78, 5) is 114. The van der Waals surface area contributed by atoms with E-state index in [1.165, 1.54) is 23.8 Å². The number of hydrogen-bond donors (Lipinski definition) is 6. The number of terminal acetylenes is 1. The van der Waals surface area contributed by atoms with Crippen molar-refractivity contribution in [1.82, 2.24) is 41.7 Å². The fourth-order valence-corrected chi connectivity index (χ4v) is 8.47. The van der Waals surface area contributed by atoms with Crippen molar-refractivity contribution in [3.8, 4) is 12.3 Å². The van der Waals surface area contributed by atoms with Gasteiger partial charge >= 0.3 is 0 Å². The van der Waals surface area contributed by atoms with Crippen molar-refractivity contribution in [3.05, 3.63) is 33.8 Å². The SMILES string of the molecule is C#CC1(C(=O)N[C@@H](CC)C(=O)N[C@@H](CCCCNC(C)=O)C(=O)N(C)[C@H]2CCCCNC(=O)[C@@H](CCC)NC(=O)[C@H](Cc3cc(Cl)ccc3Cl)N(CCC)C(=O)[C@H](CC(C)C)NC2=O)CC1. The molecule has 6 atom stereocenters. The van der Waals surface area contributed by atoms with E-state index in [0.29, 0.717) is 79.9 Å². The Morgan fingerprint density at radius 2 is 1.64 bits per heavy atom. The van der Waals surface area contributed by atoms with Crippen LogP contribution in [0.15, 0.2) is 18.2 Å². The van der Waals surface area contributed by atoms with Crippen molar-refractivity contribution in [1.29, 1.82) is 0 Å². The molecule has 366 valence electrons. The third kappa shape index (κ3) is 16.5. The van der Waals surface area contributed by atoms with Crippen molar-refractivity contribution in [3.63, 3.8) is 0 Å². The smallest absolute Gasteiger partial charge is 0.245 e. The van der Waals surface area contributed by atoms with Crippen LogP contribution in [0.4, 0.5) is 0 Å². The fourth-order valence-electron chi connectivity index (χ4n) is 8.08. The Morgan fingerprint density at radius 1 is 0.939 bits per heavy atom. The molecule has 0 spiro atoms. The first kappa shape index (κ1) is 55.4. The Labute approximate surface area is 400 Å². The van der Waals surface area contributed by atoms with Gasteiger partial charge in [0.05, 0.1) is 0 Å². The summed E-state index contributed by atoms with van der Waals surface area (Å²) in [7, 11) is 1.47. The van der Waals surface area contributed by atoms with Crippen molar-refractivity contribution in [2.45, 2.75) is 168 Å². The molecule has 1 saturated carbocycles. The standard InChI is InChI=1S/C48H72Cl2N8O8/c1-9-17-36-41(60)52-25-16-14-19-39(57(8)45(64)37(18-13-15-24-51-31(7)59)54-42(61)35(11-3)56-47(66)48(12-4)22-23-48)43(62)55-38(27-30(5)6)46(65)58(26-10-2)40(44(63)53-36)29-32-28-33(49)20-21-34(32)50/h4,20-21,28,30,35-40H,9-11,13-19,22-27,29H2,1-3,5-8H3,(H,51,59)(H,52,60)(H,53,63)(H,54,61)(H,55,62)(H,56,66)/t35-,36+,37-,38-,39-,40-/m0/s1. The highest BCUT2D eigenvalue weighted by atomic mass is 35.5. The van der Waals surface area contributed by atoms with E-state index in [0.717, 1.165) is 0 Å². The Bertz CT molecular complexity index is 1920. The molecule has 0 radical (unpaired) electrons. The number of rotatable bonds is 20. The van der Waals surface area contributed by atoms with Crippen LogP contribution >= 0.6 is 23.2 Å². The number of nitrogens with one attached hydrogen (secondary N) is 6. The van der Waals surface area contributed by atoms with Crippen molar-refractivity contribution < 1.29 is 38.4 Å². The molecular formula is C48H72Cl2N8O8. The van der Waals surface area contributed by atoms with Crippen LogP contribution in [0.5, 0.6) is 0 Å². The molecule has 1 aromatic rings. The number of halogens is 2. The second-order valence-electron chi connectivity index (χ2n) is 18.0. The van der Waals surface area contributed by atoms with Crippen molar-refractivity contribution in [2.24, 2.45) is 11.3 Å². The second kappa shape index (κ2) is 27.1. The molecule has 1 heterocycles. The van der Waals surface area contributed by atoms with Gasteiger partial charge in [0.2, 0.25) is 47.3 Å². The molecule has 3 rings (SSSR count). The lowest BCUT2D eigenvalue weighted by Gasteiger charge is -2.37. The molecule has 0 unspecified atom stereocenters. The maximum Gasteiger partial charge on any atom is 0.245 e. The first-order valence-electron chi connectivity index (χ1n) is 23.6. The quantitative estimate of drug-likeness (QED) is 0.0822. The lowest BCUT2D eigenvalue weighted by Crippen LogP contribution is -2.61. The molecule has 1 aromatic carbocycles. The van der Waals surface area contributed by atoms with E-state index in [1.54, 1.807) is 25.1 Å². The molecular weight excluding hydrogens is 887 g/mol. The molecule has 0 bridgehead atoms. The summed E-state index contributed by atoms with van der Waals surface area (Å²) in [5.74, 6) is -1.47. The Morgan fingerprint density at radius 3 is 2.24 bits per heavy atom. The summed E-state index contributed by atoms with van der Waals surface area (Å²) in [6.45, 7) is 11.4. The molecule has 1 aliphatic carbocycles. The zero-order chi connectivity index (χ0) is 49.1. The number of likely N-dealkylation sites (N-methyl/N-ethyl adjacent to an activating group) is 1. The lowest BCUT2D eigenvalue weighted by atomic mass is 9.97. The highest BCUT2D eigenvalue weighted by Crippen LogP contribution is 2.45. The van der Waals surface area contributed by atoms with Crippen LogP contribution in [0.2, 0.25) is 10.0 Å². The van der Waals surface area contributed by atoms with Crippen LogP contribution < -0.4 is 31.9 Å². The number of amides is 8. The van der Waals surface area contributed by atoms with Crippen LogP contribution in [-0.4, -0.2) is 120 Å². The Hall–Kier alpha value is -4.88. The molecule has 1 aliphatic heterocycles. The third-order valence-electron chi connectivity index (χ3n) is 12.1. The third-order valence-corrected chi connectivity index (χ3v) is 12.7. The molecule has 2 fully saturated rings. The number of unbranched alkanes of at least 4 members (excludes halogenated alkanes) is 1. The summed E-state index contributed by atoms with van der Waals surface area (Å²) in [6.07, 6.45) is 10.4. The van der Waals surface area contributed by atoms with E-state index < -0.39 is 83.0 Å². The van der Waals surface area contributed by atoms with Crippen LogP contribution in [0.3, 0.4) is 0 Å². The minimum Gasteiger partial charge on any atom is -0.356 e.